The third kappa shape index (κ3) is 2.26. The van der Waals surface area contributed by atoms with Gasteiger partial charge in [-0.15, -0.1) is 0 Å². The number of anilines is 1. The number of hydrogen-bond acceptors (Lipinski definition) is 4. The maximum Gasteiger partial charge on any atom is 0.269 e. The summed E-state index contributed by atoms with van der Waals surface area (Å²) in [6, 6.07) is 8.64. The molecule has 0 radical (unpaired) electrons. The Morgan fingerprint density at radius 2 is 2.08 bits per heavy atom. The quantitative estimate of drug-likeness (QED) is 0.531. The summed E-state index contributed by atoms with van der Waals surface area (Å²) in [6.07, 6.45) is 5.03. The summed E-state index contributed by atoms with van der Waals surface area (Å²) in [6.45, 7) is 0. The SMILES string of the molecule is NC(=O)c1n[nH]c2ccc(NC(=O)c3ccc4cncn4c3)cc12. The van der Waals surface area contributed by atoms with E-state index in [9.17, 15) is 9.59 Å². The molecule has 0 spiro atoms. The summed E-state index contributed by atoms with van der Waals surface area (Å²) >= 11 is 0. The van der Waals surface area contributed by atoms with E-state index in [-0.39, 0.29) is 11.6 Å². The van der Waals surface area contributed by atoms with Crippen molar-refractivity contribution in [1.82, 2.24) is 19.6 Å². The first-order valence-corrected chi connectivity index (χ1v) is 7.13. The summed E-state index contributed by atoms with van der Waals surface area (Å²) < 4.78 is 1.76. The second-order valence-electron chi connectivity index (χ2n) is 5.29. The Balaban J connectivity index is 1.66. The van der Waals surface area contributed by atoms with E-state index in [1.54, 1.807) is 47.4 Å². The second kappa shape index (κ2) is 5.20. The minimum atomic E-state index is -0.629. The van der Waals surface area contributed by atoms with Gasteiger partial charge in [-0.3, -0.25) is 14.7 Å². The first kappa shape index (κ1) is 13.9. The van der Waals surface area contributed by atoms with Crippen molar-refractivity contribution in [3.63, 3.8) is 0 Å². The number of nitrogens with zero attached hydrogens (tertiary/aromatic N) is 3. The van der Waals surface area contributed by atoms with Crippen LogP contribution in [0.4, 0.5) is 5.69 Å². The van der Waals surface area contributed by atoms with Gasteiger partial charge in [-0.25, -0.2) is 4.98 Å². The number of amides is 2. The Kier molecular flexibility index (Phi) is 3.02. The van der Waals surface area contributed by atoms with Crippen molar-refractivity contribution in [2.75, 3.05) is 5.32 Å². The lowest BCUT2D eigenvalue weighted by molar-refractivity contribution is 0.0995. The van der Waals surface area contributed by atoms with Crippen molar-refractivity contribution >= 4 is 33.9 Å². The zero-order valence-electron chi connectivity index (χ0n) is 12.4. The molecule has 0 saturated carbocycles. The van der Waals surface area contributed by atoms with Crippen LogP contribution >= 0.6 is 0 Å². The predicted molar refractivity (Wildman–Crippen MR) is 87.8 cm³/mol. The molecule has 0 aliphatic carbocycles. The van der Waals surface area contributed by atoms with Crippen LogP contribution in [0.5, 0.6) is 0 Å². The molecule has 0 atom stereocenters. The number of H-pyrrole nitrogens is 1. The molecule has 118 valence electrons. The van der Waals surface area contributed by atoms with E-state index >= 15 is 0 Å². The summed E-state index contributed by atoms with van der Waals surface area (Å²) in [4.78, 5) is 27.8. The molecule has 4 N–H and O–H groups in total. The Labute approximate surface area is 135 Å². The molecule has 0 aliphatic rings. The third-order valence-corrected chi connectivity index (χ3v) is 3.72. The van der Waals surface area contributed by atoms with Gasteiger partial charge >= 0.3 is 0 Å². The highest BCUT2D eigenvalue weighted by Crippen LogP contribution is 2.21. The van der Waals surface area contributed by atoms with E-state index in [0.29, 0.717) is 22.2 Å². The lowest BCUT2D eigenvalue weighted by atomic mass is 10.1. The maximum atomic E-state index is 12.4. The number of aromatic nitrogens is 4. The molecule has 1 aromatic carbocycles. The van der Waals surface area contributed by atoms with Crippen LogP contribution in [0.2, 0.25) is 0 Å². The number of carbonyl (C=O) groups is 2. The Morgan fingerprint density at radius 3 is 2.92 bits per heavy atom. The number of carbonyl (C=O) groups excluding carboxylic acids is 2. The van der Waals surface area contributed by atoms with Crippen molar-refractivity contribution in [3.8, 4) is 0 Å². The summed E-state index contributed by atoms with van der Waals surface area (Å²) in [5.74, 6) is -0.899. The highest BCUT2D eigenvalue weighted by Gasteiger charge is 2.13. The monoisotopic (exact) mass is 320 g/mol. The van der Waals surface area contributed by atoms with Gasteiger partial charge in [0.1, 0.15) is 0 Å². The topological polar surface area (TPSA) is 118 Å². The number of primary amides is 1. The molecule has 3 heterocycles. The van der Waals surface area contributed by atoms with Crippen molar-refractivity contribution in [2.45, 2.75) is 0 Å². The number of nitrogens with two attached hydrogens (primary N) is 1. The molecule has 0 saturated heterocycles. The molecule has 0 bridgehead atoms. The Morgan fingerprint density at radius 1 is 1.21 bits per heavy atom. The third-order valence-electron chi connectivity index (χ3n) is 3.72. The van der Waals surface area contributed by atoms with Crippen LogP contribution in [0.15, 0.2) is 49.1 Å². The summed E-state index contributed by atoms with van der Waals surface area (Å²) in [7, 11) is 0. The zero-order chi connectivity index (χ0) is 16.7. The summed E-state index contributed by atoms with van der Waals surface area (Å²) in [5, 5.41) is 9.96. The van der Waals surface area contributed by atoms with E-state index in [1.807, 2.05) is 6.07 Å². The number of imidazole rings is 1. The molecule has 0 fully saturated rings. The van der Waals surface area contributed by atoms with E-state index < -0.39 is 5.91 Å². The van der Waals surface area contributed by atoms with Crippen LogP contribution in [0, 0.1) is 0 Å². The van der Waals surface area contributed by atoms with Gasteiger partial charge in [-0.2, -0.15) is 5.10 Å². The maximum absolute atomic E-state index is 12.4. The van der Waals surface area contributed by atoms with Crippen molar-refractivity contribution in [1.29, 1.82) is 0 Å². The molecule has 0 unspecified atom stereocenters. The normalized spacial score (nSPS) is 11.0. The lowest BCUT2D eigenvalue weighted by Gasteiger charge is -2.06. The van der Waals surface area contributed by atoms with E-state index in [4.69, 9.17) is 5.73 Å². The Bertz CT molecular complexity index is 1090. The minimum Gasteiger partial charge on any atom is -0.364 e. The fourth-order valence-electron chi connectivity index (χ4n) is 2.54. The molecule has 0 aliphatic heterocycles. The minimum absolute atomic E-state index is 0.140. The summed E-state index contributed by atoms with van der Waals surface area (Å²) in [5.41, 5.74) is 8.03. The lowest BCUT2D eigenvalue weighted by Crippen LogP contribution is -2.13. The number of hydrogen-bond donors (Lipinski definition) is 3. The zero-order valence-corrected chi connectivity index (χ0v) is 12.4. The van der Waals surface area contributed by atoms with Crippen molar-refractivity contribution in [3.05, 3.63) is 60.3 Å². The van der Waals surface area contributed by atoms with Crippen LogP contribution in [0.1, 0.15) is 20.8 Å². The predicted octanol–water partition coefficient (Wildman–Crippen LogP) is 1.56. The number of pyridine rings is 1. The molecule has 24 heavy (non-hydrogen) atoms. The van der Waals surface area contributed by atoms with Gasteiger partial charge in [0.25, 0.3) is 11.8 Å². The number of rotatable bonds is 3. The van der Waals surface area contributed by atoms with Gasteiger partial charge in [0.15, 0.2) is 5.69 Å². The van der Waals surface area contributed by atoms with Gasteiger partial charge in [0, 0.05) is 17.3 Å². The van der Waals surface area contributed by atoms with Crippen LogP contribution in [0.25, 0.3) is 16.4 Å². The Hall–Kier alpha value is -3.68. The number of nitrogens with one attached hydrogen (secondary N) is 2. The largest absolute Gasteiger partial charge is 0.364 e. The highest BCUT2D eigenvalue weighted by molar-refractivity contribution is 6.07. The van der Waals surface area contributed by atoms with Crippen molar-refractivity contribution in [2.24, 2.45) is 5.73 Å². The fraction of sp³-hybridized carbons (Fsp3) is 0. The van der Waals surface area contributed by atoms with Crippen LogP contribution < -0.4 is 11.1 Å². The smallest absolute Gasteiger partial charge is 0.269 e. The second-order valence-corrected chi connectivity index (χ2v) is 5.29. The average molecular weight is 320 g/mol. The van der Waals surface area contributed by atoms with Crippen LogP contribution in [-0.4, -0.2) is 31.4 Å². The van der Waals surface area contributed by atoms with E-state index in [2.05, 4.69) is 20.5 Å². The molecular formula is C16H12N6O2. The van der Waals surface area contributed by atoms with Crippen molar-refractivity contribution < 1.29 is 9.59 Å². The molecular weight excluding hydrogens is 308 g/mol. The van der Waals surface area contributed by atoms with Crippen LogP contribution in [-0.2, 0) is 0 Å². The number of benzene rings is 1. The highest BCUT2D eigenvalue weighted by atomic mass is 16.2. The van der Waals surface area contributed by atoms with Gasteiger partial charge < -0.3 is 15.5 Å². The van der Waals surface area contributed by atoms with Gasteiger partial charge in [0.05, 0.1) is 29.1 Å². The first-order valence-electron chi connectivity index (χ1n) is 7.13. The molecule has 3 aromatic heterocycles. The number of fused-ring (bicyclic) bond motifs is 2. The molecule has 2 amide bonds. The van der Waals surface area contributed by atoms with Gasteiger partial charge in [-0.05, 0) is 30.3 Å². The number of aromatic amines is 1. The molecule has 8 heteroatoms. The van der Waals surface area contributed by atoms with Gasteiger partial charge in [0.2, 0.25) is 0 Å². The van der Waals surface area contributed by atoms with Crippen LogP contribution in [0.3, 0.4) is 0 Å². The standard InChI is InChI=1S/C16H12N6O2/c17-15(23)14-12-5-10(2-4-13(12)20-21-14)19-16(24)9-1-3-11-6-18-8-22(11)7-9/h1-8H,(H2,17,23)(H,19,24)(H,20,21). The average Bonchev–Trinajstić information content (AvgIpc) is 3.20. The fourth-order valence-corrected chi connectivity index (χ4v) is 2.54. The first-order chi connectivity index (χ1) is 11.6. The molecule has 8 nitrogen and oxygen atoms in total. The van der Waals surface area contributed by atoms with Gasteiger partial charge in [-0.1, -0.05) is 0 Å². The van der Waals surface area contributed by atoms with E-state index in [0.717, 1.165) is 5.52 Å². The molecule has 4 aromatic rings. The molecule has 4 rings (SSSR count). The van der Waals surface area contributed by atoms with E-state index in [1.165, 1.54) is 0 Å².